The minimum atomic E-state index is -1.02. The van der Waals surface area contributed by atoms with Crippen LogP contribution in [0.5, 0.6) is 0 Å². The third-order valence-corrected chi connectivity index (χ3v) is 2.71. The molecule has 0 fully saturated rings. The number of likely N-dealkylation sites (N-methyl/N-ethyl adjacent to an activating group) is 1. The number of carbonyl (C=O) groups excluding carboxylic acids is 1. The van der Waals surface area contributed by atoms with Crippen molar-refractivity contribution in [3.8, 4) is 0 Å². The van der Waals surface area contributed by atoms with Crippen molar-refractivity contribution in [1.82, 2.24) is 14.7 Å². The number of hydrogen-bond acceptors (Lipinski definition) is 3. The summed E-state index contributed by atoms with van der Waals surface area (Å²) >= 11 is 0. The number of carboxylic acid groups (broad SMARTS) is 1. The van der Waals surface area contributed by atoms with Crippen LogP contribution in [0, 0.1) is 6.92 Å². The molecule has 0 bridgehead atoms. The maximum Gasteiger partial charge on any atom is 0.326 e. The van der Waals surface area contributed by atoms with Gasteiger partial charge in [-0.2, -0.15) is 5.10 Å². The summed E-state index contributed by atoms with van der Waals surface area (Å²) in [6.07, 6.45) is 2.02. The number of anilines is 1. The van der Waals surface area contributed by atoms with Crippen molar-refractivity contribution in [2.45, 2.75) is 26.3 Å². The molecule has 0 aliphatic heterocycles. The number of carbonyl (C=O) groups is 2. The van der Waals surface area contributed by atoms with Crippen LogP contribution in [0.1, 0.15) is 19.0 Å². The Morgan fingerprint density at radius 1 is 1.61 bits per heavy atom. The zero-order chi connectivity index (χ0) is 13.9. The van der Waals surface area contributed by atoms with Crippen LogP contribution < -0.4 is 5.32 Å². The first kappa shape index (κ1) is 14.0. The average molecular weight is 254 g/mol. The van der Waals surface area contributed by atoms with Gasteiger partial charge < -0.3 is 15.3 Å². The van der Waals surface area contributed by atoms with Crippen LogP contribution >= 0.6 is 0 Å². The van der Waals surface area contributed by atoms with E-state index in [0.29, 0.717) is 17.8 Å². The molecule has 2 amide bonds. The van der Waals surface area contributed by atoms with Crippen LogP contribution in [-0.4, -0.2) is 44.9 Å². The summed E-state index contributed by atoms with van der Waals surface area (Å²) in [4.78, 5) is 24.0. The lowest BCUT2D eigenvalue weighted by molar-refractivity contribution is -0.141. The number of rotatable bonds is 4. The Balaban J connectivity index is 2.76. The molecule has 1 aromatic heterocycles. The standard InChI is InChI=1S/C11H18N4O3/c1-5-9(10(16)17)15(4)11(18)12-8-6-14(3)13-7(8)2/h6,9H,5H2,1-4H3,(H,12,18)(H,16,17). The van der Waals surface area contributed by atoms with Crippen molar-refractivity contribution in [3.63, 3.8) is 0 Å². The summed E-state index contributed by atoms with van der Waals surface area (Å²) in [5.41, 5.74) is 1.26. The quantitative estimate of drug-likeness (QED) is 0.840. The van der Waals surface area contributed by atoms with Gasteiger partial charge in [-0.3, -0.25) is 4.68 Å². The Bertz CT molecular complexity index is 455. The summed E-state index contributed by atoms with van der Waals surface area (Å²) in [6, 6.07) is -1.29. The molecule has 2 N–H and O–H groups in total. The first-order chi connectivity index (χ1) is 8.36. The van der Waals surface area contributed by atoms with Crippen LogP contribution in [0.25, 0.3) is 0 Å². The molecular formula is C11H18N4O3. The highest BCUT2D eigenvalue weighted by Crippen LogP contribution is 2.13. The van der Waals surface area contributed by atoms with E-state index >= 15 is 0 Å². The molecule has 100 valence electrons. The first-order valence-electron chi connectivity index (χ1n) is 5.63. The molecule has 0 saturated carbocycles. The van der Waals surface area contributed by atoms with Crippen LogP contribution in [-0.2, 0) is 11.8 Å². The monoisotopic (exact) mass is 254 g/mol. The van der Waals surface area contributed by atoms with Gasteiger partial charge in [0.05, 0.1) is 11.4 Å². The van der Waals surface area contributed by atoms with Crippen molar-refractivity contribution in [2.75, 3.05) is 12.4 Å². The smallest absolute Gasteiger partial charge is 0.326 e. The second kappa shape index (κ2) is 5.52. The molecule has 7 heteroatoms. The van der Waals surface area contributed by atoms with E-state index < -0.39 is 18.0 Å². The Labute approximate surface area is 105 Å². The van der Waals surface area contributed by atoms with E-state index in [1.54, 1.807) is 31.8 Å². The van der Waals surface area contributed by atoms with Crippen LogP contribution in [0.15, 0.2) is 6.20 Å². The maximum absolute atomic E-state index is 11.9. The van der Waals surface area contributed by atoms with E-state index in [0.717, 1.165) is 0 Å². The number of nitrogens with zero attached hydrogens (tertiary/aromatic N) is 3. The Morgan fingerprint density at radius 2 is 2.22 bits per heavy atom. The van der Waals surface area contributed by atoms with E-state index in [1.165, 1.54) is 11.9 Å². The second-order valence-electron chi connectivity index (χ2n) is 4.11. The third kappa shape index (κ3) is 2.99. The van der Waals surface area contributed by atoms with Crippen molar-refractivity contribution >= 4 is 17.7 Å². The number of aromatic nitrogens is 2. The maximum atomic E-state index is 11.9. The molecule has 1 heterocycles. The zero-order valence-electron chi connectivity index (χ0n) is 11.0. The third-order valence-electron chi connectivity index (χ3n) is 2.71. The number of amides is 2. The predicted molar refractivity (Wildman–Crippen MR) is 66.4 cm³/mol. The molecule has 0 spiro atoms. The normalized spacial score (nSPS) is 12.0. The number of nitrogens with one attached hydrogen (secondary N) is 1. The number of aliphatic carboxylic acids is 1. The number of carboxylic acids is 1. The molecule has 18 heavy (non-hydrogen) atoms. The predicted octanol–water partition coefficient (Wildman–Crippen LogP) is 1.06. The lowest BCUT2D eigenvalue weighted by Crippen LogP contribution is -2.44. The van der Waals surface area contributed by atoms with Gasteiger partial charge in [0.2, 0.25) is 0 Å². The molecule has 0 aromatic carbocycles. The fourth-order valence-electron chi connectivity index (χ4n) is 1.68. The van der Waals surface area contributed by atoms with Gasteiger partial charge in [-0.15, -0.1) is 0 Å². The van der Waals surface area contributed by atoms with Gasteiger partial charge in [-0.1, -0.05) is 6.92 Å². The van der Waals surface area contributed by atoms with Gasteiger partial charge in [0.15, 0.2) is 0 Å². The minimum Gasteiger partial charge on any atom is -0.480 e. The SMILES string of the molecule is CCC(C(=O)O)N(C)C(=O)Nc1cn(C)nc1C. The molecule has 1 rings (SSSR count). The Kier molecular flexibility index (Phi) is 4.30. The van der Waals surface area contributed by atoms with Gasteiger partial charge in [0, 0.05) is 20.3 Å². The molecule has 0 aliphatic carbocycles. The van der Waals surface area contributed by atoms with Crippen molar-refractivity contribution < 1.29 is 14.7 Å². The molecule has 0 radical (unpaired) electrons. The Hall–Kier alpha value is -2.05. The highest BCUT2D eigenvalue weighted by atomic mass is 16.4. The molecule has 1 atom stereocenters. The zero-order valence-corrected chi connectivity index (χ0v) is 11.0. The van der Waals surface area contributed by atoms with Gasteiger partial charge in [0.1, 0.15) is 6.04 Å². The van der Waals surface area contributed by atoms with Gasteiger partial charge in [-0.25, -0.2) is 9.59 Å². The molecule has 1 unspecified atom stereocenters. The lowest BCUT2D eigenvalue weighted by atomic mass is 10.2. The Morgan fingerprint density at radius 3 is 2.61 bits per heavy atom. The summed E-state index contributed by atoms with van der Waals surface area (Å²) in [5, 5.41) is 15.7. The fourth-order valence-corrected chi connectivity index (χ4v) is 1.68. The molecule has 0 saturated heterocycles. The highest BCUT2D eigenvalue weighted by Gasteiger charge is 2.25. The van der Waals surface area contributed by atoms with E-state index in [9.17, 15) is 9.59 Å². The summed E-state index contributed by atoms with van der Waals surface area (Å²) < 4.78 is 1.58. The molecule has 0 aliphatic rings. The van der Waals surface area contributed by atoms with Crippen molar-refractivity contribution in [2.24, 2.45) is 7.05 Å². The van der Waals surface area contributed by atoms with E-state index in [2.05, 4.69) is 10.4 Å². The van der Waals surface area contributed by atoms with E-state index in [1.807, 2.05) is 0 Å². The number of urea groups is 1. The fraction of sp³-hybridized carbons (Fsp3) is 0.545. The van der Waals surface area contributed by atoms with Crippen molar-refractivity contribution in [1.29, 1.82) is 0 Å². The highest BCUT2D eigenvalue weighted by molar-refractivity contribution is 5.92. The van der Waals surface area contributed by atoms with Gasteiger partial charge >= 0.3 is 12.0 Å². The van der Waals surface area contributed by atoms with Gasteiger partial charge in [0.25, 0.3) is 0 Å². The van der Waals surface area contributed by atoms with Crippen LogP contribution in [0.3, 0.4) is 0 Å². The summed E-state index contributed by atoms with van der Waals surface area (Å²) in [5.74, 6) is -1.02. The van der Waals surface area contributed by atoms with Crippen LogP contribution in [0.4, 0.5) is 10.5 Å². The van der Waals surface area contributed by atoms with E-state index in [-0.39, 0.29) is 0 Å². The number of aryl methyl sites for hydroxylation is 2. The largest absolute Gasteiger partial charge is 0.480 e. The minimum absolute atomic E-state index is 0.352. The first-order valence-corrected chi connectivity index (χ1v) is 5.63. The summed E-state index contributed by atoms with van der Waals surface area (Å²) in [7, 11) is 3.21. The second-order valence-corrected chi connectivity index (χ2v) is 4.11. The van der Waals surface area contributed by atoms with Gasteiger partial charge in [-0.05, 0) is 13.3 Å². The lowest BCUT2D eigenvalue weighted by Gasteiger charge is -2.23. The molecular weight excluding hydrogens is 236 g/mol. The topological polar surface area (TPSA) is 87.5 Å². The molecule has 1 aromatic rings. The molecule has 7 nitrogen and oxygen atoms in total. The van der Waals surface area contributed by atoms with Crippen LogP contribution in [0.2, 0.25) is 0 Å². The average Bonchev–Trinajstić information content (AvgIpc) is 2.57. The van der Waals surface area contributed by atoms with E-state index in [4.69, 9.17) is 5.11 Å². The number of hydrogen-bond donors (Lipinski definition) is 2. The summed E-state index contributed by atoms with van der Waals surface area (Å²) in [6.45, 7) is 3.49. The van der Waals surface area contributed by atoms with Crippen molar-refractivity contribution in [3.05, 3.63) is 11.9 Å².